The third-order valence-electron chi connectivity index (χ3n) is 3.14. The van der Waals surface area contributed by atoms with E-state index in [0.717, 1.165) is 0 Å². The van der Waals surface area contributed by atoms with Gasteiger partial charge in [-0.3, -0.25) is 0 Å². The topological polar surface area (TPSA) is 0 Å². The summed E-state index contributed by atoms with van der Waals surface area (Å²) in [5, 5.41) is 0. The molecule has 0 atom stereocenters. The van der Waals surface area contributed by atoms with Crippen LogP contribution < -0.4 is 0 Å². The minimum absolute atomic E-state index is 0.532. The van der Waals surface area contributed by atoms with Gasteiger partial charge in [0.1, 0.15) is 0 Å². The molecule has 0 aliphatic rings. The standard InChI is InChI=1S/C12H27P.2BrH.Pd/c1-4-7-10-13(11-8-5-2)12-9-6-3;;;/h4-12H2,1-3H3;2*1H;/q;;;+1/p-1. The second-order valence-corrected chi connectivity index (χ2v) is 31.3. The molecule has 0 heterocycles. The molecule has 0 aromatic carbocycles. The summed E-state index contributed by atoms with van der Waals surface area (Å²) in [5.74, 6) is 0. The van der Waals surface area contributed by atoms with E-state index in [1.807, 2.05) is 0 Å². The van der Waals surface area contributed by atoms with E-state index in [1.54, 1.807) is 18.5 Å². The van der Waals surface area contributed by atoms with Gasteiger partial charge in [-0.05, 0) is 0 Å². The van der Waals surface area contributed by atoms with Crippen LogP contribution in [-0.2, 0) is 12.2 Å². The van der Waals surface area contributed by atoms with Gasteiger partial charge < -0.3 is 0 Å². The molecule has 0 aromatic heterocycles. The van der Waals surface area contributed by atoms with E-state index < -0.39 is 17.7 Å². The summed E-state index contributed by atoms with van der Waals surface area (Å²) in [6.45, 7) is 6.99. The Morgan fingerprint density at radius 1 is 0.750 bits per heavy atom. The number of unbranched alkanes of at least 4 members (excludes halogenated alkanes) is 3. The van der Waals surface area contributed by atoms with E-state index in [-0.39, 0.29) is 0 Å². The first-order chi connectivity index (χ1) is 7.63. The molecule has 0 nitrogen and oxygen atoms in total. The molecule has 0 fully saturated rings. The number of rotatable bonds is 10. The molecular formula is C12H28Br2PPd. The Morgan fingerprint density at radius 2 is 1.06 bits per heavy atom. The third-order valence-corrected chi connectivity index (χ3v) is 33.4. The average molecular weight is 470 g/mol. The first kappa shape index (κ1) is 18.1. The Bertz CT molecular complexity index is 143. The van der Waals surface area contributed by atoms with Crippen molar-refractivity contribution < 1.29 is 12.2 Å². The molecule has 0 saturated carbocycles. The van der Waals surface area contributed by atoms with E-state index in [9.17, 15) is 0 Å². The van der Waals surface area contributed by atoms with Crippen LogP contribution in [0.15, 0.2) is 0 Å². The van der Waals surface area contributed by atoms with Crippen molar-refractivity contribution >= 4 is 32.3 Å². The Morgan fingerprint density at radius 3 is 1.25 bits per heavy atom. The molecule has 0 aliphatic carbocycles. The van der Waals surface area contributed by atoms with E-state index in [2.05, 4.69) is 47.6 Å². The Labute approximate surface area is 121 Å². The van der Waals surface area contributed by atoms with Crippen LogP contribution in [0.25, 0.3) is 0 Å². The zero-order valence-corrected chi connectivity index (χ0v) is 16.7. The van der Waals surface area contributed by atoms with Crippen LogP contribution in [0.5, 0.6) is 0 Å². The summed E-state index contributed by atoms with van der Waals surface area (Å²) >= 11 is 7.44. The molecule has 0 aliphatic heterocycles. The van der Waals surface area contributed by atoms with Crippen LogP contribution in [0.1, 0.15) is 59.3 Å². The number of hydrogen-bond acceptors (Lipinski definition) is 0. The molecule has 0 amide bonds. The predicted molar refractivity (Wildman–Crippen MR) is 85.5 cm³/mol. The van der Waals surface area contributed by atoms with Crippen LogP contribution in [0.3, 0.4) is 0 Å². The van der Waals surface area contributed by atoms with Crippen molar-refractivity contribution in [3.05, 3.63) is 0 Å². The fourth-order valence-corrected chi connectivity index (χ4v) is 24.5. The summed E-state index contributed by atoms with van der Waals surface area (Å²) in [5.41, 5.74) is -0.986. The maximum atomic E-state index is 3.98. The van der Waals surface area contributed by atoms with Crippen molar-refractivity contribution in [3.63, 3.8) is 0 Å². The van der Waals surface area contributed by atoms with Crippen molar-refractivity contribution in [2.24, 2.45) is 0 Å². The Kier molecular flexibility index (Phi) is 12.3. The van der Waals surface area contributed by atoms with E-state index >= 15 is 0 Å². The van der Waals surface area contributed by atoms with E-state index in [1.165, 1.54) is 38.5 Å². The summed E-state index contributed by atoms with van der Waals surface area (Å²) in [4.78, 5) is 0. The average Bonchev–Trinajstić information content (AvgIpc) is 2.28. The van der Waals surface area contributed by atoms with Crippen molar-refractivity contribution in [3.8, 4) is 0 Å². The molecule has 0 rings (SSSR count). The first-order valence-electron chi connectivity index (χ1n) is 6.58. The normalized spacial score (nSPS) is 13.9. The molecule has 0 N–H and O–H groups in total. The number of halogens is 2. The van der Waals surface area contributed by atoms with Crippen LogP contribution in [0.4, 0.5) is 0 Å². The van der Waals surface area contributed by atoms with Gasteiger partial charge in [0.15, 0.2) is 0 Å². The van der Waals surface area contributed by atoms with Gasteiger partial charge in [-0.15, -0.1) is 0 Å². The zero-order chi connectivity index (χ0) is 12.4. The summed E-state index contributed by atoms with van der Waals surface area (Å²) in [6, 6.07) is 0. The van der Waals surface area contributed by atoms with Gasteiger partial charge in [0.2, 0.25) is 0 Å². The third kappa shape index (κ3) is 6.84. The van der Waals surface area contributed by atoms with Crippen molar-refractivity contribution in [2.75, 3.05) is 18.5 Å². The molecule has 0 spiro atoms. The van der Waals surface area contributed by atoms with Crippen LogP contribution in [-0.4, -0.2) is 18.5 Å². The fraction of sp³-hybridized carbons (Fsp3) is 1.00. The SMILES string of the molecule is CCCC[PH](CCCC)(CCCC)[Pd]([Br])[Br]. The monoisotopic (exact) mass is 467 g/mol. The molecular weight excluding hydrogens is 441 g/mol. The second kappa shape index (κ2) is 10.9. The van der Waals surface area contributed by atoms with Crippen molar-refractivity contribution in [2.45, 2.75) is 59.3 Å². The molecule has 0 saturated heterocycles. The van der Waals surface area contributed by atoms with Gasteiger partial charge in [0, 0.05) is 0 Å². The van der Waals surface area contributed by atoms with Crippen molar-refractivity contribution in [1.82, 2.24) is 0 Å². The Hall–Kier alpha value is 2.05. The Balaban J connectivity index is 4.46. The molecule has 4 heteroatoms. The molecule has 0 aromatic rings. The predicted octanol–water partition coefficient (Wildman–Crippen LogP) is 6.29. The molecule has 0 unspecified atom stereocenters. The van der Waals surface area contributed by atoms with Crippen LogP contribution in [0, 0.1) is 0 Å². The molecule has 0 radical (unpaired) electrons. The molecule has 16 heavy (non-hydrogen) atoms. The maximum absolute atomic E-state index is 3.98. The number of hydrogen-bond donors (Lipinski definition) is 0. The van der Waals surface area contributed by atoms with Gasteiger partial charge in [-0.1, -0.05) is 0 Å². The first-order valence-corrected chi connectivity index (χ1v) is 18.5. The summed E-state index contributed by atoms with van der Waals surface area (Å²) in [6.07, 6.45) is 13.1. The van der Waals surface area contributed by atoms with E-state index in [0.29, 0.717) is 0 Å². The van der Waals surface area contributed by atoms with Crippen LogP contribution in [0.2, 0.25) is 0 Å². The van der Waals surface area contributed by atoms with Gasteiger partial charge in [-0.2, -0.15) is 0 Å². The van der Waals surface area contributed by atoms with Crippen LogP contribution >= 0.6 is 32.3 Å². The summed E-state index contributed by atoms with van der Waals surface area (Å²) in [7, 11) is 0. The minimum atomic E-state index is -0.986. The fourth-order valence-electron chi connectivity index (χ4n) is 2.00. The van der Waals surface area contributed by atoms with Gasteiger partial charge in [0.25, 0.3) is 0 Å². The van der Waals surface area contributed by atoms with Gasteiger partial charge >= 0.3 is 122 Å². The van der Waals surface area contributed by atoms with Gasteiger partial charge in [0.05, 0.1) is 0 Å². The summed E-state index contributed by atoms with van der Waals surface area (Å²) < 4.78 is 0. The molecule has 0 bridgehead atoms. The quantitative estimate of drug-likeness (QED) is 0.261. The van der Waals surface area contributed by atoms with Gasteiger partial charge in [-0.25, -0.2) is 0 Å². The second-order valence-electron chi connectivity index (χ2n) is 4.56. The molecule has 105 valence electrons. The van der Waals surface area contributed by atoms with E-state index in [4.69, 9.17) is 0 Å². The van der Waals surface area contributed by atoms with Crippen molar-refractivity contribution in [1.29, 1.82) is 0 Å². The zero-order valence-electron chi connectivity index (χ0n) is 10.9.